The molecular weight excluding hydrogens is 271 g/mol. The van der Waals surface area contributed by atoms with Crippen molar-refractivity contribution in [2.24, 2.45) is 0 Å². The molecule has 16 heavy (non-hydrogen) atoms. The first-order valence-corrected chi connectivity index (χ1v) is 5.68. The van der Waals surface area contributed by atoms with Gasteiger partial charge in [-0.15, -0.1) is 5.56 Å². The van der Waals surface area contributed by atoms with Crippen molar-refractivity contribution in [3.63, 3.8) is 0 Å². The predicted molar refractivity (Wildman–Crippen MR) is 65.6 cm³/mol. The quantitative estimate of drug-likeness (QED) is 0.664. The third kappa shape index (κ3) is 5.56. The van der Waals surface area contributed by atoms with E-state index in [4.69, 9.17) is 0 Å². The Morgan fingerprint density at radius 1 is 1.31 bits per heavy atom. The summed E-state index contributed by atoms with van der Waals surface area (Å²) in [5.41, 5.74) is 2.97. The first-order chi connectivity index (χ1) is 7.27. The van der Waals surface area contributed by atoms with Gasteiger partial charge in [0.2, 0.25) is 0 Å². The molecule has 2 heteroatoms. The standard InChI is InChI=1S/C11H14N.C3H7.Y/c1-12-8-4-7-10-5-2-3-6-11(10)9-12;1-3-2;/h2,5-6H,4,7-9H2,1H3;3H,1-2H3;/q2*-1;. The van der Waals surface area contributed by atoms with Crippen LogP contribution in [0.25, 0.3) is 0 Å². The Hall–Kier alpha value is 0.284. The monoisotopic (exact) mass is 292 g/mol. The Labute approximate surface area is 125 Å². The van der Waals surface area contributed by atoms with Crippen LogP contribution in [0.2, 0.25) is 0 Å². The molecular formula is C14H21NY-2. The van der Waals surface area contributed by atoms with Crippen LogP contribution < -0.4 is 0 Å². The number of benzene rings is 1. The van der Waals surface area contributed by atoms with Crippen LogP contribution in [-0.2, 0) is 45.7 Å². The number of nitrogens with zero attached hydrogens (tertiary/aromatic N) is 1. The van der Waals surface area contributed by atoms with Gasteiger partial charge in [-0.05, 0) is 33.0 Å². The van der Waals surface area contributed by atoms with E-state index < -0.39 is 0 Å². The molecule has 0 saturated heterocycles. The topological polar surface area (TPSA) is 3.24 Å². The van der Waals surface area contributed by atoms with Gasteiger partial charge in [-0.1, -0.05) is 0 Å². The molecule has 0 N–H and O–H groups in total. The largest absolute Gasteiger partial charge is 0.335 e. The molecule has 0 amide bonds. The fraction of sp³-hybridized carbons (Fsp3) is 0.500. The van der Waals surface area contributed by atoms with Crippen LogP contribution in [0, 0.1) is 12.5 Å². The van der Waals surface area contributed by atoms with E-state index in [2.05, 4.69) is 30.1 Å². The average molecular weight is 292 g/mol. The summed E-state index contributed by atoms with van der Waals surface area (Å²) in [4.78, 5) is 2.37. The van der Waals surface area contributed by atoms with Crippen molar-refractivity contribution in [2.75, 3.05) is 13.6 Å². The van der Waals surface area contributed by atoms with Gasteiger partial charge in [-0.25, -0.2) is 0 Å². The Balaban J connectivity index is 0.000000511. The van der Waals surface area contributed by atoms with E-state index in [-0.39, 0.29) is 32.7 Å². The number of aryl methyl sites for hydroxylation is 1. The maximum absolute atomic E-state index is 3.14. The zero-order chi connectivity index (χ0) is 11.1. The van der Waals surface area contributed by atoms with Gasteiger partial charge in [0.05, 0.1) is 0 Å². The van der Waals surface area contributed by atoms with E-state index in [0.717, 1.165) is 6.54 Å². The third-order valence-corrected chi connectivity index (χ3v) is 2.48. The van der Waals surface area contributed by atoms with Gasteiger partial charge < -0.3 is 11.3 Å². The molecule has 1 radical (unpaired) electrons. The van der Waals surface area contributed by atoms with Crippen LogP contribution in [-0.4, -0.2) is 18.5 Å². The number of hydrogen-bond donors (Lipinski definition) is 0. The molecule has 2 rings (SSSR count). The van der Waals surface area contributed by atoms with E-state index >= 15 is 0 Å². The van der Waals surface area contributed by atoms with Gasteiger partial charge in [-0.2, -0.15) is 43.7 Å². The van der Waals surface area contributed by atoms with E-state index in [9.17, 15) is 0 Å². The van der Waals surface area contributed by atoms with Crippen LogP contribution in [0.4, 0.5) is 0 Å². The smallest absolute Gasteiger partial charge is 0 e. The van der Waals surface area contributed by atoms with E-state index in [1.165, 1.54) is 30.5 Å². The molecule has 87 valence electrons. The van der Waals surface area contributed by atoms with Crippen molar-refractivity contribution in [2.45, 2.75) is 33.2 Å². The summed E-state index contributed by atoms with van der Waals surface area (Å²) in [5.74, 6) is 0. The van der Waals surface area contributed by atoms with Crippen LogP contribution >= 0.6 is 0 Å². The SMILES string of the molecule is CN1CCCc2cc[c-]cc2C1.C[CH-]C.[Y]. The van der Waals surface area contributed by atoms with Gasteiger partial charge in [0.25, 0.3) is 0 Å². The molecule has 0 aromatic heterocycles. The number of rotatable bonds is 0. The van der Waals surface area contributed by atoms with Crippen LogP contribution in [0.3, 0.4) is 0 Å². The molecule has 1 nitrogen and oxygen atoms in total. The maximum atomic E-state index is 3.14. The van der Waals surface area contributed by atoms with E-state index in [0.29, 0.717) is 0 Å². The second-order valence-electron chi connectivity index (χ2n) is 4.11. The Bertz CT molecular complexity index is 286. The molecule has 0 bridgehead atoms. The zero-order valence-electron chi connectivity index (χ0n) is 10.7. The summed E-state index contributed by atoms with van der Waals surface area (Å²) in [6.45, 7) is 6.31. The zero-order valence-corrected chi connectivity index (χ0v) is 13.5. The van der Waals surface area contributed by atoms with Gasteiger partial charge in [-0.3, -0.25) is 0 Å². The van der Waals surface area contributed by atoms with Crippen LogP contribution in [0.1, 0.15) is 31.4 Å². The minimum absolute atomic E-state index is 0. The summed E-state index contributed by atoms with van der Waals surface area (Å²) in [7, 11) is 2.18. The first-order valence-electron chi connectivity index (χ1n) is 5.68. The van der Waals surface area contributed by atoms with Gasteiger partial charge in [0.1, 0.15) is 0 Å². The van der Waals surface area contributed by atoms with Crippen molar-refractivity contribution in [1.29, 1.82) is 0 Å². The second kappa shape index (κ2) is 9.33. The summed E-state index contributed by atoms with van der Waals surface area (Å²) >= 11 is 0. The van der Waals surface area contributed by atoms with Crippen molar-refractivity contribution in [1.82, 2.24) is 4.90 Å². The Morgan fingerprint density at radius 3 is 2.69 bits per heavy atom. The molecule has 0 fully saturated rings. The molecule has 1 aliphatic heterocycles. The molecule has 0 saturated carbocycles. The molecule has 1 aromatic rings. The summed E-state index contributed by atoms with van der Waals surface area (Å²) < 4.78 is 0. The number of hydrogen-bond acceptors (Lipinski definition) is 1. The first kappa shape index (κ1) is 16.3. The average Bonchev–Trinajstić information content (AvgIpc) is 2.39. The second-order valence-corrected chi connectivity index (χ2v) is 4.11. The fourth-order valence-corrected chi connectivity index (χ4v) is 1.80. The molecule has 1 heterocycles. The van der Waals surface area contributed by atoms with E-state index in [1.54, 1.807) is 0 Å². The minimum atomic E-state index is 0. The van der Waals surface area contributed by atoms with Crippen molar-refractivity contribution >= 4 is 0 Å². The minimum Gasteiger partial charge on any atom is -0.335 e. The molecule has 0 aliphatic carbocycles. The fourth-order valence-electron chi connectivity index (χ4n) is 1.80. The van der Waals surface area contributed by atoms with Gasteiger partial charge in [0.15, 0.2) is 0 Å². The Morgan fingerprint density at radius 2 is 2.00 bits per heavy atom. The molecule has 0 unspecified atom stereocenters. The van der Waals surface area contributed by atoms with Gasteiger partial charge >= 0.3 is 0 Å². The van der Waals surface area contributed by atoms with Crippen molar-refractivity contribution < 1.29 is 32.7 Å². The van der Waals surface area contributed by atoms with Crippen molar-refractivity contribution in [3.05, 3.63) is 41.8 Å². The van der Waals surface area contributed by atoms with Crippen LogP contribution in [0.5, 0.6) is 0 Å². The van der Waals surface area contributed by atoms with Crippen LogP contribution in [0.15, 0.2) is 18.2 Å². The third-order valence-electron chi connectivity index (χ3n) is 2.48. The normalized spacial score (nSPS) is 14.9. The Kier molecular flexibility index (Phi) is 9.49. The summed E-state index contributed by atoms with van der Waals surface area (Å²) in [5, 5.41) is 0. The maximum Gasteiger partial charge on any atom is 0 e. The summed E-state index contributed by atoms with van der Waals surface area (Å²) in [6.07, 6.45) is 4.52. The van der Waals surface area contributed by atoms with Crippen molar-refractivity contribution in [3.8, 4) is 0 Å². The van der Waals surface area contributed by atoms with Gasteiger partial charge in [0, 0.05) is 32.7 Å². The van der Waals surface area contributed by atoms with E-state index in [1.807, 2.05) is 26.3 Å². The predicted octanol–water partition coefficient (Wildman–Crippen LogP) is 3.09. The molecule has 0 atom stereocenters. The molecule has 1 aromatic carbocycles. The molecule has 0 spiro atoms. The molecule has 1 aliphatic rings. The summed E-state index contributed by atoms with van der Waals surface area (Å²) in [6, 6.07) is 9.49. The number of fused-ring (bicyclic) bond motifs is 1.